The van der Waals surface area contributed by atoms with E-state index in [1.807, 2.05) is 64.1 Å². The summed E-state index contributed by atoms with van der Waals surface area (Å²) in [4.78, 5) is 29.4. The largest absolute Gasteiger partial charge is 0.352 e. The van der Waals surface area contributed by atoms with Crippen LogP contribution in [0.2, 0.25) is 10.0 Å². The Hall–Kier alpha value is -3.07. The van der Waals surface area contributed by atoms with E-state index in [0.29, 0.717) is 27.7 Å². The summed E-state index contributed by atoms with van der Waals surface area (Å²) in [6.07, 6.45) is 2.01. The Kier molecular flexibility index (Phi) is 11.2. The third kappa shape index (κ3) is 8.71. The number of carbonyl (C=O) groups is 2. The summed E-state index contributed by atoms with van der Waals surface area (Å²) in [6, 6.07) is 18.7. The molecule has 1 N–H and O–H groups in total. The van der Waals surface area contributed by atoms with Crippen LogP contribution in [0.5, 0.6) is 0 Å². The van der Waals surface area contributed by atoms with Gasteiger partial charge < -0.3 is 10.2 Å². The van der Waals surface area contributed by atoms with Crippen molar-refractivity contribution in [1.29, 1.82) is 0 Å². The summed E-state index contributed by atoms with van der Waals surface area (Å²) >= 11 is 12.4. The number of rotatable bonds is 12. The molecule has 0 spiro atoms. The first-order valence-electron chi connectivity index (χ1n) is 13.4. The molecule has 0 saturated heterocycles. The van der Waals surface area contributed by atoms with Crippen molar-refractivity contribution in [2.45, 2.75) is 59.2 Å². The van der Waals surface area contributed by atoms with Gasteiger partial charge in [0.05, 0.1) is 22.0 Å². The van der Waals surface area contributed by atoms with Crippen LogP contribution in [-0.2, 0) is 32.6 Å². The Bertz CT molecular complexity index is 1480. The summed E-state index contributed by atoms with van der Waals surface area (Å²) in [5.74, 6) is -0.850. The van der Waals surface area contributed by atoms with Gasteiger partial charge in [-0.25, -0.2) is 8.42 Å². The molecule has 0 aliphatic heterocycles. The van der Waals surface area contributed by atoms with Crippen LogP contribution in [0.3, 0.4) is 0 Å². The molecule has 2 amide bonds. The highest BCUT2D eigenvalue weighted by Crippen LogP contribution is 2.27. The van der Waals surface area contributed by atoms with Gasteiger partial charge in [0.2, 0.25) is 21.8 Å². The highest BCUT2D eigenvalue weighted by molar-refractivity contribution is 7.92. The fraction of sp³-hybridized carbons (Fsp3) is 0.355. The van der Waals surface area contributed by atoms with Crippen molar-refractivity contribution in [2.75, 3.05) is 17.1 Å². The molecular weight excluding hydrogens is 581 g/mol. The second kappa shape index (κ2) is 14.2. The fourth-order valence-corrected chi connectivity index (χ4v) is 5.65. The number of nitrogens with one attached hydrogen (secondary N) is 1. The molecule has 0 aliphatic rings. The molecule has 0 unspecified atom stereocenters. The molecule has 41 heavy (non-hydrogen) atoms. The third-order valence-electron chi connectivity index (χ3n) is 7.13. The number of halogens is 2. The maximum absolute atomic E-state index is 14.2. The minimum atomic E-state index is -3.85. The molecule has 0 saturated carbocycles. The van der Waals surface area contributed by atoms with Gasteiger partial charge in [-0.05, 0) is 67.6 Å². The van der Waals surface area contributed by atoms with E-state index in [4.69, 9.17) is 23.2 Å². The Morgan fingerprint density at radius 2 is 1.61 bits per heavy atom. The molecular formula is C31H37Cl2N3O4S. The minimum absolute atomic E-state index is 0.0194. The first-order valence-corrected chi connectivity index (χ1v) is 16.0. The lowest BCUT2D eigenvalue weighted by atomic mass is 10.0. The molecule has 0 aromatic heterocycles. The predicted molar refractivity (Wildman–Crippen MR) is 167 cm³/mol. The molecule has 3 aromatic rings. The smallest absolute Gasteiger partial charge is 0.244 e. The van der Waals surface area contributed by atoms with Gasteiger partial charge >= 0.3 is 0 Å². The molecule has 220 valence electrons. The van der Waals surface area contributed by atoms with Gasteiger partial charge in [0.15, 0.2) is 0 Å². The Morgan fingerprint density at radius 3 is 2.22 bits per heavy atom. The van der Waals surface area contributed by atoms with Gasteiger partial charge in [0.25, 0.3) is 0 Å². The zero-order valence-electron chi connectivity index (χ0n) is 24.0. The number of benzene rings is 3. The Labute approximate surface area is 253 Å². The number of sulfonamides is 1. The van der Waals surface area contributed by atoms with Gasteiger partial charge in [0.1, 0.15) is 12.6 Å². The van der Waals surface area contributed by atoms with Crippen molar-refractivity contribution < 1.29 is 18.0 Å². The molecule has 0 radical (unpaired) electrons. The highest BCUT2D eigenvalue weighted by Gasteiger charge is 2.34. The van der Waals surface area contributed by atoms with E-state index in [2.05, 4.69) is 5.32 Å². The number of nitrogens with zero attached hydrogens (tertiary/aromatic N) is 2. The number of aryl methyl sites for hydroxylation is 1. The second-order valence-corrected chi connectivity index (χ2v) is 13.0. The van der Waals surface area contributed by atoms with E-state index >= 15 is 0 Å². The Balaban J connectivity index is 2.11. The van der Waals surface area contributed by atoms with Crippen LogP contribution < -0.4 is 9.62 Å². The lowest BCUT2D eigenvalue weighted by Crippen LogP contribution is -2.54. The zero-order chi connectivity index (χ0) is 30.3. The number of anilines is 1. The van der Waals surface area contributed by atoms with Crippen LogP contribution in [0.4, 0.5) is 5.69 Å². The van der Waals surface area contributed by atoms with Crippen LogP contribution in [0, 0.1) is 13.8 Å². The number of amides is 2. The van der Waals surface area contributed by atoms with Crippen molar-refractivity contribution in [3.05, 3.63) is 99.0 Å². The van der Waals surface area contributed by atoms with Crippen molar-refractivity contribution in [3.8, 4) is 0 Å². The van der Waals surface area contributed by atoms with Gasteiger partial charge in [-0.2, -0.15) is 0 Å². The molecule has 0 bridgehead atoms. The standard InChI is InChI=1S/C31H37Cl2N3O4S/c1-6-22(3)34-31(38)29(18-24-12-8-7-9-13-24)35(19-25-15-16-26(32)27(33)17-25)30(37)20-36(41(5,39)40)28-14-10-11-21(2)23(28)4/h7-17,22,29H,6,18-20H2,1-5H3,(H,34,38)/t22-,29-/m1/s1. The Morgan fingerprint density at radius 1 is 0.927 bits per heavy atom. The number of hydrogen-bond donors (Lipinski definition) is 1. The van der Waals surface area contributed by atoms with E-state index in [9.17, 15) is 18.0 Å². The summed E-state index contributed by atoms with van der Waals surface area (Å²) in [6.45, 7) is 7.10. The summed E-state index contributed by atoms with van der Waals surface area (Å²) in [7, 11) is -3.85. The number of carbonyl (C=O) groups excluding carboxylic acids is 2. The van der Waals surface area contributed by atoms with Crippen molar-refractivity contribution in [1.82, 2.24) is 10.2 Å². The first-order chi connectivity index (χ1) is 19.3. The van der Waals surface area contributed by atoms with Crippen LogP contribution in [-0.4, -0.2) is 50.0 Å². The molecule has 2 atom stereocenters. The number of hydrogen-bond acceptors (Lipinski definition) is 4. The summed E-state index contributed by atoms with van der Waals surface area (Å²) in [5.41, 5.74) is 3.57. The van der Waals surface area contributed by atoms with E-state index in [-0.39, 0.29) is 24.9 Å². The molecule has 0 heterocycles. The lowest BCUT2D eigenvalue weighted by molar-refractivity contribution is -0.140. The average Bonchev–Trinajstić information content (AvgIpc) is 2.92. The van der Waals surface area contributed by atoms with Crippen LogP contribution >= 0.6 is 23.2 Å². The predicted octanol–water partition coefficient (Wildman–Crippen LogP) is 5.93. The van der Waals surface area contributed by atoms with Crippen molar-refractivity contribution in [3.63, 3.8) is 0 Å². The lowest BCUT2D eigenvalue weighted by Gasteiger charge is -2.34. The van der Waals surface area contributed by atoms with Crippen LogP contribution in [0.1, 0.15) is 42.5 Å². The van der Waals surface area contributed by atoms with E-state index in [0.717, 1.165) is 27.3 Å². The molecule has 3 rings (SSSR count). The van der Waals surface area contributed by atoms with Gasteiger partial charge in [-0.3, -0.25) is 13.9 Å². The normalized spacial score (nSPS) is 12.9. The van der Waals surface area contributed by atoms with E-state index < -0.39 is 28.5 Å². The van der Waals surface area contributed by atoms with Gasteiger partial charge in [-0.1, -0.05) is 78.7 Å². The molecule has 10 heteroatoms. The van der Waals surface area contributed by atoms with E-state index in [1.54, 1.807) is 30.3 Å². The first kappa shape index (κ1) is 32.4. The molecule has 0 fully saturated rings. The van der Waals surface area contributed by atoms with Crippen LogP contribution in [0.15, 0.2) is 66.7 Å². The van der Waals surface area contributed by atoms with Crippen molar-refractivity contribution >= 4 is 50.7 Å². The third-order valence-corrected chi connectivity index (χ3v) is 9.00. The summed E-state index contributed by atoms with van der Waals surface area (Å²) < 4.78 is 27.1. The average molecular weight is 619 g/mol. The van der Waals surface area contributed by atoms with Crippen molar-refractivity contribution in [2.24, 2.45) is 0 Å². The van der Waals surface area contributed by atoms with Crippen LogP contribution in [0.25, 0.3) is 0 Å². The maximum atomic E-state index is 14.2. The quantitative estimate of drug-likeness (QED) is 0.273. The molecule has 7 nitrogen and oxygen atoms in total. The second-order valence-electron chi connectivity index (χ2n) is 10.3. The van der Waals surface area contributed by atoms with E-state index in [1.165, 1.54) is 4.90 Å². The SMILES string of the molecule is CC[C@@H](C)NC(=O)[C@@H](Cc1ccccc1)N(Cc1ccc(Cl)c(Cl)c1)C(=O)CN(c1cccc(C)c1C)S(C)(=O)=O. The van der Waals surface area contributed by atoms with Gasteiger partial charge in [0, 0.05) is 19.0 Å². The monoisotopic (exact) mass is 617 g/mol. The maximum Gasteiger partial charge on any atom is 0.244 e. The summed E-state index contributed by atoms with van der Waals surface area (Å²) in [5, 5.41) is 3.69. The topological polar surface area (TPSA) is 86.8 Å². The van der Waals surface area contributed by atoms with Gasteiger partial charge in [-0.15, -0.1) is 0 Å². The molecule has 3 aromatic carbocycles. The minimum Gasteiger partial charge on any atom is -0.352 e. The highest BCUT2D eigenvalue weighted by atomic mass is 35.5. The zero-order valence-corrected chi connectivity index (χ0v) is 26.4. The molecule has 0 aliphatic carbocycles. The fourth-order valence-electron chi connectivity index (χ4n) is 4.43.